The van der Waals surface area contributed by atoms with Gasteiger partial charge in [-0.25, -0.2) is 0 Å². The minimum absolute atomic E-state index is 0.244. The molecule has 28 heavy (non-hydrogen) atoms. The van der Waals surface area contributed by atoms with Crippen molar-refractivity contribution in [2.24, 2.45) is 5.16 Å². The second-order valence-electron chi connectivity index (χ2n) is 6.68. The number of halogens is 1. The van der Waals surface area contributed by atoms with Gasteiger partial charge in [-0.1, -0.05) is 17.8 Å². The van der Waals surface area contributed by atoms with E-state index in [2.05, 4.69) is 44.6 Å². The van der Waals surface area contributed by atoms with Gasteiger partial charge in [-0.15, -0.1) is 11.8 Å². The number of hydrogen-bond acceptors (Lipinski definition) is 6. The van der Waals surface area contributed by atoms with Crippen molar-refractivity contribution in [3.8, 4) is 5.75 Å². The number of hydrogen-bond donors (Lipinski definition) is 1. The van der Waals surface area contributed by atoms with Gasteiger partial charge < -0.3 is 14.9 Å². The van der Waals surface area contributed by atoms with Crippen molar-refractivity contribution >= 4 is 57.4 Å². The molecule has 2 aromatic rings. The lowest BCUT2D eigenvalue weighted by Gasteiger charge is -2.24. The topological polar surface area (TPSA) is 72.8 Å². The summed E-state index contributed by atoms with van der Waals surface area (Å²) in [6, 6.07) is 5.85. The molecule has 1 heterocycles. The number of carbonyl (C=O) groups excluding carboxylic acids is 1. The Bertz CT molecular complexity index is 886. The van der Waals surface area contributed by atoms with E-state index in [0.29, 0.717) is 12.4 Å². The summed E-state index contributed by atoms with van der Waals surface area (Å²) in [6.45, 7) is 9.51. The minimum atomic E-state index is -0.700. The first kappa shape index (κ1) is 22.5. The number of carbonyl (C=O) groups is 1. The highest BCUT2D eigenvalue weighted by Gasteiger charge is 2.26. The fraction of sp³-hybridized carbons (Fsp3) is 0.350. The minimum Gasteiger partial charge on any atom is -0.470 e. The summed E-state index contributed by atoms with van der Waals surface area (Å²) in [5.74, 6) is 0.385. The largest absolute Gasteiger partial charge is 0.470 e. The van der Waals surface area contributed by atoms with E-state index in [0.717, 1.165) is 20.0 Å². The molecule has 0 bridgehead atoms. The number of aryl methyl sites for hydroxylation is 1. The smallest absolute Gasteiger partial charge is 0.272 e. The molecule has 0 aliphatic carbocycles. The molecule has 0 spiro atoms. The Balaban J connectivity index is 2.12. The average Bonchev–Trinajstić information content (AvgIpc) is 2.62. The SMILES string of the molecule is C=CCO/N=C\C(C)(C)NC(=O)C(Oc1cc(C)c2ncc(I)cc2c1)SC. The summed E-state index contributed by atoms with van der Waals surface area (Å²) in [6.07, 6.45) is 6.80. The molecule has 0 saturated heterocycles. The van der Waals surface area contributed by atoms with Gasteiger partial charge in [-0.2, -0.15) is 0 Å². The Kier molecular flexibility index (Phi) is 8.11. The van der Waals surface area contributed by atoms with E-state index in [1.165, 1.54) is 11.8 Å². The summed E-state index contributed by atoms with van der Waals surface area (Å²) >= 11 is 3.55. The number of ether oxygens (including phenoxy) is 1. The van der Waals surface area contributed by atoms with Crippen molar-refractivity contribution in [1.82, 2.24) is 10.3 Å². The molecule has 0 fully saturated rings. The lowest BCUT2D eigenvalue weighted by atomic mass is 10.1. The average molecular weight is 513 g/mol. The van der Waals surface area contributed by atoms with Gasteiger partial charge >= 0.3 is 0 Å². The van der Waals surface area contributed by atoms with Crippen molar-refractivity contribution in [3.05, 3.63) is 46.2 Å². The molecule has 1 N–H and O–H groups in total. The standard InChI is InChI=1S/C20H24IN3O3S/c1-6-7-26-23-12-20(3,4)24-18(25)19(28-5)27-16-8-13(2)17-14(10-16)9-15(21)11-22-17/h6,8-12,19H,1,7H2,2-5H3,(H,24,25)/b23-12-. The van der Waals surface area contributed by atoms with E-state index in [1.54, 1.807) is 12.3 Å². The molecule has 2 rings (SSSR count). The van der Waals surface area contributed by atoms with Crippen molar-refractivity contribution < 1.29 is 14.4 Å². The Labute approximate surface area is 183 Å². The zero-order valence-electron chi connectivity index (χ0n) is 16.4. The number of amides is 1. The normalized spacial score (nSPS) is 12.8. The van der Waals surface area contributed by atoms with Gasteiger partial charge in [-0.3, -0.25) is 9.78 Å². The number of aromatic nitrogens is 1. The van der Waals surface area contributed by atoms with Crippen LogP contribution in [0.1, 0.15) is 19.4 Å². The van der Waals surface area contributed by atoms with Crippen LogP contribution in [0.5, 0.6) is 5.75 Å². The molecule has 1 unspecified atom stereocenters. The van der Waals surface area contributed by atoms with Crippen molar-refractivity contribution in [2.75, 3.05) is 12.9 Å². The van der Waals surface area contributed by atoms with Crippen LogP contribution in [0.3, 0.4) is 0 Å². The maximum atomic E-state index is 12.7. The predicted molar refractivity (Wildman–Crippen MR) is 124 cm³/mol. The third-order valence-electron chi connectivity index (χ3n) is 3.67. The number of rotatable bonds is 9. The first-order chi connectivity index (χ1) is 13.3. The van der Waals surface area contributed by atoms with Crippen LogP contribution >= 0.6 is 34.4 Å². The lowest BCUT2D eigenvalue weighted by molar-refractivity contribution is -0.125. The molecule has 150 valence electrons. The highest BCUT2D eigenvalue weighted by Crippen LogP contribution is 2.27. The molecule has 1 aromatic carbocycles. The second kappa shape index (κ2) is 10.1. The second-order valence-corrected chi connectivity index (χ2v) is 8.83. The molecule has 8 heteroatoms. The monoisotopic (exact) mass is 513 g/mol. The summed E-state index contributed by atoms with van der Waals surface area (Å²) in [5.41, 5.74) is 0.537. The van der Waals surface area contributed by atoms with E-state index >= 15 is 0 Å². The number of thioether (sulfide) groups is 1. The quantitative estimate of drug-likeness (QED) is 0.135. The fourth-order valence-electron chi connectivity index (χ4n) is 2.44. The first-order valence-electron chi connectivity index (χ1n) is 8.60. The third-order valence-corrected chi connectivity index (χ3v) is 5.00. The maximum absolute atomic E-state index is 12.7. The molecule has 6 nitrogen and oxygen atoms in total. The van der Waals surface area contributed by atoms with Crippen LogP contribution in [-0.2, 0) is 9.63 Å². The highest BCUT2D eigenvalue weighted by molar-refractivity contribution is 14.1. The molecule has 0 saturated carbocycles. The summed E-state index contributed by atoms with van der Waals surface area (Å²) in [7, 11) is 0. The molecular formula is C20H24IN3O3S. The van der Waals surface area contributed by atoms with Gasteiger partial charge in [0.05, 0.1) is 17.3 Å². The number of benzene rings is 1. The number of nitrogens with zero attached hydrogens (tertiary/aromatic N) is 2. The molecule has 1 aromatic heterocycles. The number of pyridine rings is 1. The molecule has 0 aliphatic rings. The third kappa shape index (κ3) is 6.37. The van der Waals surface area contributed by atoms with Crippen LogP contribution in [-0.4, -0.2) is 40.9 Å². The Morgan fingerprint density at radius 3 is 2.89 bits per heavy atom. The van der Waals surface area contributed by atoms with Crippen molar-refractivity contribution in [3.63, 3.8) is 0 Å². The number of nitrogens with one attached hydrogen (secondary N) is 1. The lowest BCUT2D eigenvalue weighted by Crippen LogP contribution is -2.49. The van der Waals surface area contributed by atoms with Crippen LogP contribution < -0.4 is 10.1 Å². The van der Waals surface area contributed by atoms with Gasteiger partial charge in [0.15, 0.2) is 0 Å². The first-order valence-corrected chi connectivity index (χ1v) is 11.0. The zero-order chi connectivity index (χ0) is 20.7. The van der Waals surface area contributed by atoms with Crippen molar-refractivity contribution in [1.29, 1.82) is 0 Å². The summed E-state index contributed by atoms with van der Waals surface area (Å²) in [4.78, 5) is 22.2. The van der Waals surface area contributed by atoms with Crippen LogP contribution in [0, 0.1) is 10.5 Å². The van der Waals surface area contributed by atoms with E-state index in [-0.39, 0.29) is 5.91 Å². The van der Waals surface area contributed by atoms with Crippen molar-refractivity contribution in [2.45, 2.75) is 31.7 Å². The summed E-state index contributed by atoms with van der Waals surface area (Å²) < 4.78 is 7.02. The van der Waals surface area contributed by atoms with Gasteiger partial charge in [0.2, 0.25) is 5.44 Å². The fourth-order valence-corrected chi connectivity index (χ4v) is 3.40. The summed E-state index contributed by atoms with van der Waals surface area (Å²) in [5, 5.41) is 7.74. The maximum Gasteiger partial charge on any atom is 0.272 e. The van der Waals surface area contributed by atoms with E-state index in [4.69, 9.17) is 9.57 Å². The number of fused-ring (bicyclic) bond motifs is 1. The van der Waals surface area contributed by atoms with E-state index < -0.39 is 11.0 Å². The van der Waals surface area contributed by atoms with Gasteiger partial charge in [0.1, 0.15) is 12.4 Å². The zero-order valence-corrected chi connectivity index (χ0v) is 19.3. The molecular weight excluding hydrogens is 489 g/mol. The van der Waals surface area contributed by atoms with Gasteiger partial charge in [0.25, 0.3) is 5.91 Å². The highest BCUT2D eigenvalue weighted by atomic mass is 127. The van der Waals surface area contributed by atoms with Crippen LogP contribution in [0.4, 0.5) is 0 Å². The Morgan fingerprint density at radius 2 is 2.21 bits per heavy atom. The van der Waals surface area contributed by atoms with Crippen LogP contribution in [0.2, 0.25) is 0 Å². The van der Waals surface area contributed by atoms with E-state index in [9.17, 15) is 4.79 Å². The van der Waals surface area contributed by atoms with Gasteiger partial charge in [-0.05, 0) is 73.4 Å². The molecule has 1 atom stereocenters. The molecule has 0 radical (unpaired) electrons. The Hall–Kier alpha value is -1.81. The van der Waals surface area contributed by atoms with E-state index in [1.807, 2.05) is 51.4 Å². The number of oxime groups is 1. The predicted octanol–water partition coefficient (Wildman–Crippen LogP) is 4.30. The molecule has 0 aliphatic heterocycles. The van der Waals surface area contributed by atoms with Gasteiger partial charge in [0, 0.05) is 15.2 Å². The Morgan fingerprint density at radius 1 is 1.46 bits per heavy atom. The van der Waals surface area contributed by atoms with Crippen LogP contribution in [0.15, 0.2) is 42.2 Å². The van der Waals surface area contributed by atoms with Crippen LogP contribution in [0.25, 0.3) is 10.9 Å². The molecule has 1 amide bonds.